The number of ether oxygens (including phenoxy) is 2. The van der Waals surface area contributed by atoms with Crippen LogP contribution in [0.5, 0.6) is 5.75 Å². The molecule has 1 aromatic rings. The molecule has 0 saturated heterocycles. The van der Waals surface area contributed by atoms with E-state index in [1.165, 1.54) is 13.2 Å². The molecule has 0 heterocycles. The first kappa shape index (κ1) is 12.9. The van der Waals surface area contributed by atoms with Crippen molar-refractivity contribution in [3.05, 3.63) is 30.1 Å². The summed E-state index contributed by atoms with van der Waals surface area (Å²) in [4.78, 5) is 11.4. The van der Waals surface area contributed by atoms with Gasteiger partial charge in [0.25, 0.3) is 0 Å². The molecule has 0 unspecified atom stereocenters. The second-order valence-corrected chi connectivity index (χ2v) is 4.55. The predicted molar refractivity (Wildman–Crippen MR) is 64.8 cm³/mol. The molecule has 0 aliphatic heterocycles. The summed E-state index contributed by atoms with van der Waals surface area (Å²) in [5, 5.41) is 0. The van der Waals surface area contributed by atoms with E-state index >= 15 is 0 Å². The number of hydrogen-bond donors (Lipinski definition) is 0. The number of para-hydroxylation sites is 1. The van der Waals surface area contributed by atoms with E-state index in [0.29, 0.717) is 5.75 Å². The van der Waals surface area contributed by atoms with Gasteiger partial charge < -0.3 is 9.47 Å². The van der Waals surface area contributed by atoms with Gasteiger partial charge in [0.1, 0.15) is 0 Å². The number of rotatable bonds is 3. The third-order valence-corrected chi connectivity index (χ3v) is 3.34. The van der Waals surface area contributed by atoms with Crippen LogP contribution in [0.2, 0.25) is 0 Å². The highest BCUT2D eigenvalue weighted by Gasteiger charge is 2.28. The molecule has 1 aliphatic carbocycles. The molecule has 0 radical (unpaired) electrons. The van der Waals surface area contributed by atoms with Gasteiger partial charge in [-0.15, -0.1) is 0 Å². The zero-order valence-corrected chi connectivity index (χ0v) is 10.4. The number of hydrogen-bond acceptors (Lipinski definition) is 3. The van der Waals surface area contributed by atoms with E-state index in [-0.39, 0.29) is 23.8 Å². The van der Waals surface area contributed by atoms with Gasteiger partial charge in [-0.25, -0.2) is 4.39 Å². The minimum Gasteiger partial charge on any atom is -0.487 e. The van der Waals surface area contributed by atoms with Crippen molar-refractivity contribution in [2.75, 3.05) is 7.11 Å². The Morgan fingerprint density at radius 2 is 1.89 bits per heavy atom. The monoisotopic (exact) mass is 252 g/mol. The van der Waals surface area contributed by atoms with Gasteiger partial charge in [-0.1, -0.05) is 12.1 Å². The minimum absolute atomic E-state index is 0.0113. The first-order valence-electron chi connectivity index (χ1n) is 6.19. The number of carbonyl (C=O) groups is 1. The quantitative estimate of drug-likeness (QED) is 0.776. The van der Waals surface area contributed by atoms with Gasteiger partial charge in [-0.3, -0.25) is 4.79 Å². The van der Waals surface area contributed by atoms with Crippen molar-refractivity contribution in [2.24, 2.45) is 5.92 Å². The van der Waals surface area contributed by atoms with Crippen LogP contribution >= 0.6 is 0 Å². The van der Waals surface area contributed by atoms with E-state index in [9.17, 15) is 9.18 Å². The molecule has 1 saturated carbocycles. The summed E-state index contributed by atoms with van der Waals surface area (Å²) in [5.74, 6) is -0.235. The summed E-state index contributed by atoms with van der Waals surface area (Å²) in [7, 11) is 1.41. The molecule has 18 heavy (non-hydrogen) atoms. The summed E-state index contributed by atoms with van der Waals surface area (Å²) < 4.78 is 23.7. The first-order chi connectivity index (χ1) is 8.70. The summed E-state index contributed by atoms with van der Waals surface area (Å²) in [6, 6.07) is 6.39. The van der Waals surface area contributed by atoms with E-state index in [2.05, 4.69) is 0 Å². The average Bonchev–Trinajstić information content (AvgIpc) is 2.41. The summed E-state index contributed by atoms with van der Waals surface area (Å²) in [6.45, 7) is 0. The van der Waals surface area contributed by atoms with E-state index in [0.717, 1.165) is 25.7 Å². The molecule has 0 N–H and O–H groups in total. The zero-order valence-electron chi connectivity index (χ0n) is 10.4. The van der Waals surface area contributed by atoms with Crippen LogP contribution in [0.4, 0.5) is 4.39 Å². The van der Waals surface area contributed by atoms with Gasteiger partial charge in [-0.2, -0.15) is 0 Å². The summed E-state index contributed by atoms with van der Waals surface area (Å²) in [5.41, 5.74) is 0. The predicted octanol–water partition coefficient (Wildman–Crippen LogP) is 2.94. The van der Waals surface area contributed by atoms with Crippen molar-refractivity contribution < 1.29 is 18.7 Å². The third-order valence-electron chi connectivity index (χ3n) is 3.34. The fraction of sp³-hybridized carbons (Fsp3) is 0.500. The maximum Gasteiger partial charge on any atom is 0.308 e. The van der Waals surface area contributed by atoms with E-state index < -0.39 is 0 Å². The van der Waals surface area contributed by atoms with Gasteiger partial charge in [0.15, 0.2) is 11.6 Å². The van der Waals surface area contributed by atoms with Gasteiger partial charge in [0, 0.05) is 0 Å². The standard InChI is InChI=1S/C14H17FO3/c1-17-14(16)10-6-8-11(9-7-10)18-13-5-3-2-4-12(13)15/h2-5,10-11H,6-9H2,1H3/t10-,11-. The number of carbonyl (C=O) groups excluding carboxylic acids is 1. The molecule has 0 amide bonds. The zero-order chi connectivity index (χ0) is 13.0. The summed E-state index contributed by atoms with van der Waals surface area (Å²) in [6.07, 6.45) is 2.99. The van der Waals surface area contributed by atoms with Crippen molar-refractivity contribution in [3.8, 4) is 5.75 Å². The molecule has 1 aromatic carbocycles. The van der Waals surface area contributed by atoms with E-state index in [4.69, 9.17) is 9.47 Å². The van der Waals surface area contributed by atoms with Crippen molar-refractivity contribution in [2.45, 2.75) is 31.8 Å². The van der Waals surface area contributed by atoms with Gasteiger partial charge in [0.2, 0.25) is 0 Å². The van der Waals surface area contributed by atoms with Crippen LogP contribution < -0.4 is 4.74 Å². The van der Waals surface area contributed by atoms with Gasteiger partial charge in [0.05, 0.1) is 19.1 Å². The third kappa shape index (κ3) is 3.00. The molecule has 4 heteroatoms. The highest BCUT2D eigenvalue weighted by molar-refractivity contribution is 5.72. The Kier molecular flexibility index (Phi) is 4.18. The molecule has 0 spiro atoms. The van der Waals surface area contributed by atoms with Crippen molar-refractivity contribution in [1.82, 2.24) is 0 Å². The van der Waals surface area contributed by atoms with Crippen LogP contribution in [0.25, 0.3) is 0 Å². The van der Waals surface area contributed by atoms with Crippen LogP contribution in [-0.4, -0.2) is 19.2 Å². The SMILES string of the molecule is COC(=O)[C@H]1CC[C@H](Oc2ccccc2F)CC1. The molecular weight excluding hydrogens is 235 g/mol. The lowest BCUT2D eigenvalue weighted by molar-refractivity contribution is -0.147. The molecule has 1 aliphatic rings. The Morgan fingerprint density at radius 3 is 2.50 bits per heavy atom. The lowest BCUT2D eigenvalue weighted by Crippen LogP contribution is -2.28. The smallest absolute Gasteiger partial charge is 0.308 e. The van der Waals surface area contributed by atoms with Crippen LogP contribution in [0, 0.1) is 11.7 Å². The lowest BCUT2D eigenvalue weighted by Gasteiger charge is -2.27. The van der Waals surface area contributed by atoms with E-state index in [1.807, 2.05) is 0 Å². The Morgan fingerprint density at radius 1 is 1.22 bits per heavy atom. The fourth-order valence-electron chi connectivity index (χ4n) is 2.30. The Balaban J connectivity index is 1.87. The second-order valence-electron chi connectivity index (χ2n) is 4.55. The molecule has 98 valence electrons. The molecule has 2 rings (SSSR count). The van der Waals surface area contributed by atoms with Crippen molar-refractivity contribution in [1.29, 1.82) is 0 Å². The maximum atomic E-state index is 13.4. The first-order valence-corrected chi connectivity index (χ1v) is 6.19. The molecule has 0 atom stereocenters. The Bertz CT molecular complexity index is 411. The van der Waals surface area contributed by atoms with Crippen LogP contribution in [0.3, 0.4) is 0 Å². The van der Waals surface area contributed by atoms with Crippen LogP contribution in [-0.2, 0) is 9.53 Å². The molecule has 0 aromatic heterocycles. The fourth-order valence-corrected chi connectivity index (χ4v) is 2.30. The summed E-state index contributed by atoms with van der Waals surface area (Å²) >= 11 is 0. The lowest BCUT2D eigenvalue weighted by atomic mass is 9.87. The largest absolute Gasteiger partial charge is 0.487 e. The van der Waals surface area contributed by atoms with Crippen molar-refractivity contribution >= 4 is 5.97 Å². The Labute approximate surface area is 106 Å². The number of halogens is 1. The second kappa shape index (κ2) is 5.85. The highest BCUT2D eigenvalue weighted by atomic mass is 19.1. The van der Waals surface area contributed by atoms with Crippen molar-refractivity contribution in [3.63, 3.8) is 0 Å². The van der Waals surface area contributed by atoms with Crippen LogP contribution in [0.1, 0.15) is 25.7 Å². The number of methoxy groups -OCH3 is 1. The maximum absolute atomic E-state index is 13.4. The number of benzene rings is 1. The highest BCUT2D eigenvalue weighted by Crippen LogP contribution is 2.29. The van der Waals surface area contributed by atoms with Crippen LogP contribution in [0.15, 0.2) is 24.3 Å². The average molecular weight is 252 g/mol. The Hall–Kier alpha value is -1.58. The molecule has 1 fully saturated rings. The number of esters is 1. The molecule has 3 nitrogen and oxygen atoms in total. The topological polar surface area (TPSA) is 35.5 Å². The molecular formula is C14H17FO3. The minimum atomic E-state index is -0.340. The van der Waals surface area contributed by atoms with Gasteiger partial charge in [-0.05, 0) is 37.8 Å². The normalized spacial score (nSPS) is 23.4. The molecule has 0 bridgehead atoms. The van der Waals surface area contributed by atoms with Gasteiger partial charge >= 0.3 is 5.97 Å². The van der Waals surface area contributed by atoms with E-state index in [1.54, 1.807) is 18.2 Å².